The maximum atomic E-state index is 13.2. The molecule has 0 saturated carbocycles. The fourth-order valence-electron chi connectivity index (χ4n) is 3.56. The third kappa shape index (κ3) is 7.77. The van der Waals surface area contributed by atoms with Crippen molar-refractivity contribution in [3.63, 3.8) is 0 Å². The fourth-order valence-corrected chi connectivity index (χ4v) is 5.02. The summed E-state index contributed by atoms with van der Waals surface area (Å²) in [6.45, 7) is 2.06. The topological polar surface area (TPSA) is 86.8 Å². The van der Waals surface area contributed by atoms with Crippen LogP contribution in [0, 0.1) is 0 Å². The number of hydrogen-bond donors (Lipinski definition) is 1. The summed E-state index contributed by atoms with van der Waals surface area (Å²) in [7, 11) is -2.07. The lowest BCUT2D eigenvalue weighted by Crippen LogP contribution is -2.48. The first-order valence-corrected chi connectivity index (χ1v) is 13.6. The van der Waals surface area contributed by atoms with Crippen molar-refractivity contribution >= 4 is 62.3 Å². The number of amides is 2. The Morgan fingerprint density at radius 3 is 2.32 bits per heavy atom. The van der Waals surface area contributed by atoms with E-state index in [0.29, 0.717) is 27.2 Å². The number of benzene rings is 2. The van der Waals surface area contributed by atoms with E-state index in [0.717, 1.165) is 11.8 Å². The average molecular weight is 549 g/mol. The summed E-state index contributed by atoms with van der Waals surface area (Å²) in [5.41, 5.74) is 1.15. The van der Waals surface area contributed by atoms with E-state index in [-0.39, 0.29) is 37.7 Å². The first-order chi connectivity index (χ1) is 16.0. The lowest BCUT2D eigenvalue weighted by molar-refractivity contribution is -0.141. The lowest BCUT2D eigenvalue weighted by Gasteiger charge is -2.31. The predicted molar refractivity (Wildman–Crippen MR) is 138 cm³/mol. The molecule has 0 unspecified atom stereocenters. The third-order valence-corrected chi connectivity index (χ3v) is 7.39. The van der Waals surface area contributed by atoms with Crippen LogP contribution in [0.1, 0.15) is 31.7 Å². The molecule has 0 bridgehead atoms. The van der Waals surface area contributed by atoms with Gasteiger partial charge in [-0.1, -0.05) is 53.9 Å². The number of carbonyl (C=O) groups excluding carboxylic acids is 2. The molecule has 0 radical (unpaired) electrons. The molecular weight excluding hydrogens is 521 g/mol. The Morgan fingerprint density at radius 1 is 1.06 bits per heavy atom. The summed E-state index contributed by atoms with van der Waals surface area (Å²) in [5.74, 6) is -0.561. The maximum absolute atomic E-state index is 13.2. The molecular formula is C23H28Cl3N3O4S. The van der Waals surface area contributed by atoms with Crippen molar-refractivity contribution in [1.82, 2.24) is 10.2 Å². The zero-order chi connectivity index (χ0) is 25.5. The first kappa shape index (κ1) is 28.2. The summed E-state index contributed by atoms with van der Waals surface area (Å²) in [6, 6.07) is 10.9. The van der Waals surface area contributed by atoms with Gasteiger partial charge in [0.25, 0.3) is 0 Å². The molecule has 0 aliphatic carbocycles. The molecule has 186 valence electrons. The summed E-state index contributed by atoms with van der Waals surface area (Å²) < 4.78 is 25.9. The van der Waals surface area contributed by atoms with Gasteiger partial charge in [0.1, 0.15) is 6.04 Å². The van der Waals surface area contributed by atoms with Gasteiger partial charge in [0.15, 0.2) is 0 Å². The highest BCUT2D eigenvalue weighted by Crippen LogP contribution is 2.25. The molecule has 0 heterocycles. The average Bonchev–Trinajstić information content (AvgIpc) is 2.77. The van der Waals surface area contributed by atoms with Crippen LogP contribution in [0.15, 0.2) is 42.5 Å². The van der Waals surface area contributed by atoms with E-state index in [1.165, 1.54) is 16.3 Å². The smallest absolute Gasteiger partial charge is 0.242 e. The fraction of sp³-hybridized carbons (Fsp3) is 0.391. The van der Waals surface area contributed by atoms with Crippen molar-refractivity contribution in [2.24, 2.45) is 0 Å². The molecule has 7 nitrogen and oxygen atoms in total. The molecule has 0 saturated heterocycles. The van der Waals surface area contributed by atoms with Crippen LogP contribution in [0.5, 0.6) is 0 Å². The number of nitrogens with one attached hydrogen (secondary N) is 1. The highest BCUT2D eigenvalue weighted by Gasteiger charge is 2.28. The van der Waals surface area contributed by atoms with Crippen molar-refractivity contribution in [1.29, 1.82) is 0 Å². The summed E-state index contributed by atoms with van der Waals surface area (Å²) in [5, 5.41) is 3.75. The normalized spacial score (nSPS) is 12.2. The molecule has 1 N–H and O–H groups in total. The minimum Gasteiger partial charge on any atom is -0.357 e. The van der Waals surface area contributed by atoms with Crippen LogP contribution in [0.3, 0.4) is 0 Å². The van der Waals surface area contributed by atoms with Gasteiger partial charge in [-0.2, -0.15) is 0 Å². The number of halogens is 3. The molecule has 2 aromatic rings. The van der Waals surface area contributed by atoms with Crippen LogP contribution in [0.25, 0.3) is 0 Å². The van der Waals surface area contributed by atoms with Gasteiger partial charge in [0.2, 0.25) is 21.8 Å². The Labute approximate surface area is 216 Å². The molecule has 34 heavy (non-hydrogen) atoms. The van der Waals surface area contributed by atoms with Crippen LogP contribution in [0.2, 0.25) is 15.1 Å². The van der Waals surface area contributed by atoms with Gasteiger partial charge in [-0.25, -0.2) is 8.42 Å². The third-order valence-electron chi connectivity index (χ3n) is 5.22. The Morgan fingerprint density at radius 2 is 1.76 bits per heavy atom. The van der Waals surface area contributed by atoms with Gasteiger partial charge in [-0.3, -0.25) is 13.9 Å². The van der Waals surface area contributed by atoms with Crippen LogP contribution >= 0.6 is 34.8 Å². The second-order valence-electron chi connectivity index (χ2n) is 7.73. The Bertz CT molecular complexity index is 1130. The number of hydrogen-bond acceptors (Lipinski definition) is 4. The van der Waals surface area contributed by atoms with E-state index in [1.807, 2.05) is 6.92 Å². The Balaban J connectivity index is 2.21. The van der Waals surface area contributed by atoms with Crippen LogP contribution in [-0.4, -0.2) is 51.0 Å². The molecule has 0 aliphatic rings. The quantitative estimate of drug-likeness (QED) is 0.439. The summed E-state index contributed by atoms with van der Waals surface area (Å²) in [4.78, 5) is 27.2. The predicted octanol–water partition coefficient (Wildman–Crippen LogP) is 4.75. The standard InChI is InChI=1S/C23H28Cl3N3O4S/c1-4-21(23(31)27-2)28(15-16-10-11-19(25)20(26)13-16)22(30)9-6-12-29(34(3,32)33)18-8-5-7-17(24)14-18/h5,7-8,10-11,13-14,21H,4,6,9,12,15H2,1-3H3,(H,27,31)/t21-/m0/s1. The minimum absolute atomic E-state index is 0.0431. The number of rotatable bonds is 11. The second-order valence-corrected chi connectivity index (χ2v) is 10.9. The van der Waals surface area contributed by atoms with Crippen molar-refractivity contribution < 1.29 is 18.0 Å². The van der Waals surface area contributed by atoms with Gasteiger partial charge in [0.05, 0.1) is 22.0 Å². The number of likely N-dealkylation sites (N-methyl/N-ethyl adjacent to an activating group) is 1. The van der Waals surface area contributed by atoms with E-state index in [9.17, 15) is 18.0 Å². The zero-order valence-corrected chi connectivity index (χ0v) is 22.3. The number of carbonyl (C=O) groups is 2. The van der Waals surface area contributed by atoms with Gasteiger partial charge >= 0.3 is 0 Å². The molecule has 0 aliphatic heterocycles. The van der Waals surface area contributed by atoms with Crippen LogP contribution in [-0.2, 0) is 26.2 Å². The van der Waals surface area contributed by atoms with Gasteiger partial charge in [0, 0.05) is 31.6 Å². The van der Waals surface area contributed by atoms with Crippen molar-refractivity contribution in [3.8, 4) is 0 Å². The molecule has 0 aromatic heterocycles. The van der Waals surface area contributed by atoms with E-state index < -0.39 is 16.1 Å². The maximum Gasteiger partial charge on any atom is 0.242 e. The molecule has 2 aromatic carbocycles. The van der Waals surface area contributed by atoms with Crippen molar-refractivity contribution in [2.45, 2.75) is 38.8 Å². The van der Waals surface area contributed by atoms with Crippen LogP contribution in [0.4, 0.5) is 5.69 Å². The number of sulfonamides is 1. The van der Waals surface area contributed by atoms with E-state index in [4.69, 9.17) is 34.8 Å². The molecule has 0 spiro atoms. The van der Waals surface area contributed by atoms with Crippen molar-refractivity contribution in [2.75, 3.05) is 24.2 Å². The second kappa shape index (κ2) is 12.6. The molecule has 2 amide bonds. The van der Waals surface area contributed by atoms with Crippen LogP contribution < -0.4 is 9.62 Å². The monoisotopic (exact) mass is 547 g/mol. The number of anilines is 1. The zero-order valence-electron chi connectivity index (χ0n) is 19.2. The first-order valence-electron chi connectivity index (χ1n) is 10.7. The number of nitrogens with zero attached hydrogens (tertiary/aromatic N) is 2. The van der Waals surface area contributed by atoms with E-state index in [2.05, 4.69) is 5.32 Å². The molecule has 1 atom stereocenters. The van der Waals surface area contributed by atoms with Gasteiger partial charge < -0.3 is 10.2 Å². The minimum atomic E-state index is -3.59. The van der Waals surface area contributed by atoms with Gasteiger partial charge in [-0.15, -0.1) is 0 Å². The lowest BCUT2D eigenvalue weighted by atomic mass is 10.1. The summed E-state index contributed by atoms with van der Waals surface area (Å²) >= 11 is 18.1. The van der Waals surface area contributed by atoms with Crippen molar-refractivity contribution in [3.05, 3.63) is 63.1 Å². The molecule has 11 heteroatoms. The Kier molecular flexibility index (Phi) is 10.5. The largest absolute Gasteiger partial charge is 0.357 e. The highest BCUT2D eigenvalue weighted by atomic mass is 35.5. The SMILES string of the molecule is CC[C@@H](C(=O)NC)N(Cc1ccc(Cl)c(Cl)c1)C(=O)CCCN(c1cccc(Cl)c1)S(C)(=O)=O. The highest BCUT2D eigenvalue weighted by molar-refractivity contribution is 7.92. The van der Waals surface area contributed by atoms with Gasteiger partial charge in [-0.05, 0) is 48.7 Å². The Hall–Kier alpha value is -2.00. The molecule has 0 fully saturated rings. The molecule has 2 rings (SSSR count). The summed E-state index contributed by atoms with van der Waals surface area (Å²) in [6.07, 6.45) is 1.80. The van der Waals surface area contributed by atoms with E-state index >= 15 is 0 Å². The van der Waals surface area contributed by atoms with E-state index in [1.54, 1.807) is 42.5 Å².